The summed E-state index contributed by atoms with van der Waals surface area (Å²) in [5, 5.41) is 2.24. The van der Waals surface area contributed by atoms with Gasteiger partial charge in [-0.05, 0) is 33.4 Å². The number of aromatic nitrogens is 1. The number of amides is 1. The molecule has 1 saturated heterocycles. The third kappa shape index (κ3) is 3.96. The first-order valence-electron chi connectivity index (χ1n) is 7.18. The van der Waals surface area contributed by atoms with Crippen LogP contribution in [0.4, 0.5) is 0 Å². The fourth-order valence-corrected chi connectivity index (χ4v) is 2.68. The molecule has 0 radical (unpaired) electrons. The van der Waals surface area contributed by atoms with E-state index >= 15 is 0 Å². The van der Waals surface area contributed by atoms with Crippen molar-refractivity contribution in [3.05, 3.63) is 22.2 Å². The van der Waals surface area contributed by atoms with Crippen molar-refractivity contribution in [1.29, 1.82) is 0 Å². The third-order valence-corrected chi connectivity index (χ3v) is 3.94. The summed E-state index contributed by atoms with van der Waals surface area (Å²) in [6, 6.07) is 1.97. The normalized spacial score (nSPS) is 20.1. The summed E-state index contributed by atoms with van der Waals surface area (Å²) in [7, 11) is 4.19. The molecule has 20 heavy (non-hydrogen) atoms. The molecule has 1 unspecified atom stereocenters. The Labute approximate surface area is 118 Å². The number of nitrogens with one attached hydrogen (secondary N) is 1. The molecule has 112 valence electrons. The van der Waals surface area contributed by atoms with Gasteiger partial charge in [-0.2, -0.15) is 5.16 Å². The van der Waals surface area contributed by atoms with Crippen LogP contribution >= 0.6 is 0 Å². The number of carbonyl (C=O) groups excluding carboxylic acids is 1. The highest BCUT2D eigenvalue weighted by atomic mass is 16.5. The molecule has 2 rings (SSSR count). The van der Waals surface area contributed by atoms with E-state index in [4.69, 9.17) is 4.52 Å². The summed E-state index contributed by atoms with van der Waals surface area (Å²) >= 11 is 0. The standard InChI is InChI=1S/C14H23N3O3/c1-16(2)11-4-3-8-17(9-7-11)14(19)6-5-12-10-13(18)15-20-12/h10-11H,3-9H2,1-2H3,(H,15,18). The zero-order valence-corrected chi connectivity index (χ0v) is 12.2. The smallest absolute Gasteiger partial charge is 0.280 e. The lowest BCUT2D eigenvalue weighted by Gasteiger charge is -2.23. The average Bonchev–Trinajstić information content (AvgIpc) is 2.68. The number of rotatable bonds is 4. The van der Waals surface area contributed by atoms with E-state index in [1.807, 2.05) is 4.90 Å². The Morgan fingerprint density at radius 3 is 2.90 bits per heavy atom. The van der Waals surface area contributed by atoms with Crippen molar-refractivity contribution in [2.45, 2.75) is 38.1 Å². The van der Waals surface area contributed by atoms with Crippen LogP contribution in [0.15, 0.2) is 15.4 Å². The van der Waals surface area contributed by atoms with E-state index in [-0.39, 0.29) is 11.5 Å². The van der Waals surface area contributed by atoms with Crippen LogP contribution in [0.2, 0.25) is 0 Å². The Balaban J connectivity index is 1.81. The highest BCUT2D eigenvalue weighted by Crippen LogP contribution is 2.15. The molecule has 2 heterocycles. The minimum absolute atomic E-state index is 0.147. The van der Waals surface area contributed by atoms with E-state index in [1.165, 1.54) is 6.07 Å². The lowest BCUT2D eigenvalue weighted by atomic mass is 10.1. The number of nitrogens with zero attached hydrogens (tertiary/aromatic N) is 2. The molecule has 1 aromatic heterocycles. The van der Waals surface area contributed by atoms with Crippen LogP contribution in [-0.2, 0) is 11.2 Å². The van der Waals surface area contributed by atoms with E-state index in [0.29, 0.717) is 24.6 Å². The van der Waals surface area contributed by atoms with Gasteiger partial charge in [0.2, 0.25) is 5.91 Å². The quantitative estimate of drug-likeness (QED) is 0.888. The van der Waals surface area contributed by atoms with Gasteiger partial charge in [0.1, 0.15) is 5.76 Å². The Morgan fingerprint density at radius 2 is 2.25 bits per heavy atom. The summed E-state index contributed by atoms with van der Waals surface area (Å²) < 4.78 is 4.96. The SMILES string of the molecule is CN(C)C1CCCN(C(=O)CCc2cc(=O)[nH]o2)CC1. The second-order valence-electron chi connectivity index (χ2n) is 5.61. The van der Waals surface area contributed by atoms with Crippen molar-refractivity contribution in [3.63, 3.8) is 0 Å². The Hall–Kier alpha value is -1.56. The Kier molecular flexibility index (Phi) is 5.00. The molecule has 1 atom stereocenters. The van der Waals surface area contributed by atoms with Crippen molar-refractivity contribution in [2.75, 3.05) is 27.2 Å². The summed E-state index contributed by atoms with van der Waals surface area (Å²) in [4.78, 5) is 27.3. The van der Waals surface area contributed by atoms with Crippen LogP contribution in [0.25, 0.3) is 0 Å². The molecule has 1 fully saturated rings. The molecule has 6 nitrogen and oxygen atoms in total. The number of aryl methyl sites for hydroxylation is 1. The van der Waals surface area contributed by atoms with Crippen LogP contribution in [0.3, 0.4) is 0 Å². The van der Waals surface area contributed by atoms with E-state index in [0.717, 1.165) is 32.4 Å². The monoisotopic (exact) mass is 281 g/mol. The molecule has 0 aliphatic carbocycles. The first kappa shape index (κ1) is 14.8. The molecule has 0 spiro atoms. The molecule has 6 heteroatoms. The molecule has 1 N–H and O–H groups in total. The Morgan fingerprint density at radius 1 is 1.45 bits per heavy atom. The summed E-state index contributed by atoms with van der Waals surface area (Å²) in [5.74, 6) is 0.692. The fraction of sp³-hybridized carbons (Fsp3) is 0.714. The average molecular weight is 281 g/mol. The van der Waals surface area contributed by atoms with E-state index in [9.17, 15) is 9.59 Å². The van der Waals surface area contributed by atoms with Crippen molar-refractivity contribution in [1.82, 2.24) is 15.0 Å². The summed E-state index contributed by atoms with van der Waals surface area (Å²) in [5.41, 5.74) is -0.254. The van der Waals surface area contributed by atoms with Gasteiger partial charge < -0.3 is 14.3 Å². The van der Waals surface area contributed by atoms with Gasteiger partial charge in [-0.1, -0.05) is 0 Å². The number of H-pyrrole nitrogens is 1. The minimum Gasteiger partial charge on any atom is -0.384 e. The fourth-order valence-electron chi connectivity index (χ4n) is 2.68. The van der Waals surface area contributed by atoms with Gasteiger partial charge >= 0.3 is 0 Å². The van der Waals surface area contributed by atoms with Gasteiger partial charge in [-0.15, -0.1) is 0 Å². The van der Waals surface area contributed by atoms with Crippen molar-refractivity contribution < 1.29 is 9.32 Å². The van der Waals surface area contributed by atoms with Gasteiger partial charge in [0.15, 0.2) is 0 Å². The molecular weight excluding hydrogens is 258 g/mol. The van der Waals surface area contributed by atoms with Gasteiger partial charge in [0.05, 0.1) is 0 Å². The largest absolute Gasteiger partial charge is 0.384 e. The van der Waals surface area contributed by atoms with Crippen LogP contribution < -0.4 is 5.56 Å². The molecule has 1 amide bonds. The lowest BCUT2D eigenvalue weighted by molar-refractivity contribution is -0.131. The maximum absolute atomic E-state index is 12.2. The predicted octanol–water partition coefficient (Wildman–Crippen LogP) is 0.843. The molecule has 0 saturated carbocycles. The molecule has 1 aliphatic heterocycles. The molecule has 0 bridgehead atoms. The van der Waals surface area contributed by atoms with Crippen molar-refractivity contribution in [2.24, 2.45) is 0 Å². The minimum atomic E-state index is -0.254. The highest BCUT2D eigenvalue weighted by molar-refractivity contribution is 5.76. The van der Waals surface area contributed by atoms with E-state index < -0.39 is 0 Å². The number of aromatic amines is 1. The highest BCUT2D eigenvalue weighted by Gasteiger charge is 2.21. The van der Waals surface area contributed by atoms with Crippen LogP contribution in [-0.4, -0.2) is 54.1 Å². The van der Waals surface area contributed by atoms with Crippen molar-refractivity contribution in [3.8, 4) is 0 Å². The number of likely N-dealkylation sites (tertiary alicyclic amines) is 1. The molecule has 1 aliphatic rings. The van der Waals surface area contributed by atoms with Gasteiger partial charge in [0.25, 0.3) is 5.56 Å². The predicted molar refractivity (Wildman–Crippen MR) is 75.6 cm³/mol. The first-order valence-corrected chi connectivity index (χ1v) is 7.18. The second kappa shape index (κ2) is 6.74. The van der Waals surface area contributed by atoms with E-state index in [2.05, 4.69) is 24.2 Å². The molecular formula is C14H23N3O3. The van der Waals surface area contributed by atoms with Crippen LogP contribution in [0.5, 0.6) is 0 Å². The van der Waals surface area contributed by atoms with Crippen LogP contribution in [0.1, 0.15) is 31.4 Å². The second-order valence-corrected chi connectivity index (χ2v) is 5.61. The van der Waals surface area contributed by atoms with E-state index in [1.54, 1.807) is 0 Å². The molecule has 0 aromatic carbocycles. The zero-order valence-electron chi connectivity index (χ0n) is 12.2. The lowest BCUT2D eigenvalue weighted by Crippen LogP contribution is -2.33. The maximum Gasteiger partial charge on any atom is 0.280 e. The Bertz CT molecular complexity index is 492. The zero-order chi connectivity index (χ0) is 14.5. The first-order chi connectivity index (χ1) is 9.56. The topological polar surface area (TPSA) is 69.6 Å². The van der Waals surface area contributed by atoms with Crippen molar-refractivity contribution >= 4 is 5.91 Å². The van der Waals surface area contributed by atoms with Gasteiger partial charge in [-0.3, -0.25) is 9.59 Å². The van der Waals surface area contributed by atoms with Crippen LogP contribution in [0, 0.1) is 0 Å². The summed E-state index contributed by atoms with van der Waals surface area (Å²) in [6.07, 6.45) is 4.09. The maximum atomic E-state index is 12.2. The van der Waals surface area contributed by atoms with Gasteiger partial charge in [-0.25, -0.2) is 0 Å². The third-order valence-electron chi connectivity index (χ3n) is 3.94. The molecule has 1 aromatic rings. The number of carbonyl (C=O) groups is 1. The summed E-state index contributed by atoms with van der Waals surface area (Å²) in [6.45, 7) is 1.65. The number of hydrogen-bond acceptors (Lipinski definition) is 4. The van der Waals surface area contributed by atoms with Gasteiger partial charge in [0, 0.05) is 38.0 Å². The number of hydrogen-bond donors (Lipinski definition) is 1.